The Bertz CT molecular complexity index is 691. The molecule has 0 aromatic carbocycles. The van der Waals surface area contributed by atoms with Gasteiger partial charge in [-0.2, -0.15) is 0 Å². The van der Waals surface area contributed by atoms with Crippen molar-refractivity contribution in [3.63, 3.8) is 0 Å². The van der Waals surface area contributed by atoms with Crippen LogP contribution in [0.3, 0.4) is 0 Å². The van der Waals surface area contributed by atoms with E-state index in [9.17, 15) is 0 Å². The average Bonchev–Trinajstić information content (AvgIpc) is 3.44. The summed E-state index contributed by atoms with van der Waals surface area (Å²) in [5.41, 5.74) is 3.99. The number of aliphatic imine (C=N–C) groups is 3. The number of hydrogen-bond donors (Lipinski definition) is 0. The number of allylic oxidation sites excluding steroid dienone is 2. The fourth-order valence-corrected chi connectivity index (χ4v) is 5.43. The van der Waals surface area contributed by atoms with Crippen LogP contribution in [0, 0.1) is 23.7 Å². The van der Waals surface area contributed by atoms with Crippen LogP contribution in [0.25, 0.3) is 0 Å². The van der Waals surface area contributed by atoms with Gasteiger partial charge in [-0.15, -0.1) is 0 Å². The van der Waals surface area contributed by atoms with Gasteiger partial charge in [0.1, 0.15) is 5.84 Å². The van der Waals surface area contributed by atoms with E-state index in [1.54, 1.807) is 0 Å². The molecular formula is C23H34N4. The lowest BCUT2D eigenvalue weighted by Gasteiger charge is -2.30. The van der Waals surface area contributed by atoms with Crippen LogP contribution in [0.1, 0.15) is 58.8 Å². The molecule has 0 spiro atoms. The highest BCUT2D eigenvalue weighted by molar-refractivity contribution is 6.06. The van der Waals surface area contributed by atoms with E-state index in [-0.39, 0.29) is 0 Å². The molecule has 5 aliphatic rings. The van der Waals surface area contributed by atoms with Gasteiger partial charge in [0.2, 0.25) is 0 Å². The minimum atomic E-state index is 0.672. The SMILES string of the molecule is C=CN1CCC(C2=NC(C3CC4CCC3C4)=NC2)CC1.CCC1=C(C)C=N1. The second-order valence-electron chi connectivity index (χ2n) is 8.79. The van der Waals surface area contributed by atoms with E-state index in [1.165, 1.54) is 61.3 Å². The molecule has 3 aliphatic heterocycles. The Labute approximate surface area is 164 Å². The Morgan fingerprint density at radius 1 is 1.19 bits per heavy atom. The van der Waals surface area contributed by atoms with Crippen LogP contribution in [0.2, 0.25) is 0 Å². The third-order valence-electron chi connectivity index (χ3n) is 7.19. The van der Waals surface area contributed by atoms with E-state index in [2.05, 4.69) is 30.3 Å². The van der Waals surface area contributed by atoms with Crippen molar-refractivity contribution in [1.82, 2.24) is 4.90 Å². The van der Waals surface area contributed by atoms with E-state index >= 15 is 0 Å². The van der Waals surface area contributed by atoms with Gasteiger partial charge < -0.3 is 4.90 Å². The molecule has 3 unspecified atom stereocenters. The highest BCUT2D eigenvalue weighted by Crippen LogP contribution is 2.49. The minimum absolute atomic E-state index is 0.672. The van der Waals surface area contributed by atoms with Crippen molar-refractivity contribution in [2.45, 2.75) is 58.8 Å². The molecule has 0 aromatic rings. The highest BCUT2D eigenvalue weighted by atomic mass is 15.1. The van der Waals surface area contributed by atoms with Crippen molar-refractivity contribution in [2.75, 3.05) is 19.6 Å². The standard InChI is InChI=1S/C17H25N3.C6H9N/c1-2-20-7-5-13(6-8-20)16-11-18-17(19-16)15-10-12-3-4-14(15)9-12;1-3-6-5(2)4-7-6/h2,12-15H,1,3-11H2;4H,3H2,1-2H3. The zero-order valence-corrected chi connectivity index (χ0v) is 17.0. The van der Waals surface area contributed by atoms with Crippen LogP contribution in [0.5, 0.6) is 0 Å². The molecular weight excluding hydrogens is 332 g/mol. The first-order valence-electron chi connectivity index (χ1n) is 10.9. The Kier molecular flexibility index (Phi) is 5.60. The van der Waals surface area contributed by atoms with Gasteiger partial charge >= 0.3 is 0 Å². The summed E-state index contributed by atoms with van der Waals surface area (Å²) in [5.74, 6) is 4.50. The molecule has 3 fully saturated rings. The van der Waals surface area contributed by atoms with Crippen LogP contribution in [0.4, 0.5) is 0 Å². The van der Waals surface area contributed by atoms with Gasteiger partial charge in [0.05, 0.1) is 6.54 Å². The van der Waals surface area contributed by atoms with Crippen molar-refractivity contribution in [3.05, 3.63) is 24.0 Å². The number of rotatable bonds is 4. The van der Waals surface area contributed by atoms with Crippen molar-refractivity contribution in [2.24, 2.45) is 38.6 Å². The first kappa shape index (κ1) is 18.6. The molecule has 0 N–H and O–H groups in total. The molecule has 3 heterocycles. The lowest BCUT2D eigenvalue weighted by Crippen LogP contribution is -2.33. The normalized spacial score (nSPS) is 32.1. The van der Waals surface area contributed by atoms with Gasteiger partial charge in [0.15, 0.2) is 0 Å². The molecule has 5 rings (SSSR count). The third kappa shape index (κ3) is 3.95. The maximum atomic E-state index is 4.99. The summed E-state index contributed by atoms with van der Waals surface area (Å²) in [6.07, 6.45) is 13.1. The molecule has 2 saturated carbocycles. The van der Waals surface area contributed by atoms with Gasteiger partial charge in [-0.25, -0.2) is 4.99 Å². The number of nitrogens with zero attached hydrogens (tertiary/aromatic N) is 4. The van der Waals surface area contributed by atoms with Gasteiger partial charge in [-0.1, -0.05) is 19.9 Å². The van der Waals surface area contributed by atoms with Crippen molar-refractivity contribution >= 4 is 17.8 Å². The molecule has 0 radical (unpaired) electrons. The molecule has 4 nitrogen and oxygen atoms in total. The summed E-state index contributed by atoms with van der Waals surface area (Å²) >= 11 is 0. The number of likely N-dealkylation sites (tertiary alicyclic amines) is 1. The second-order valence-corrected chi connectivity index (χ2v) is 8.79. The quantitative estimate of drug-likeness (QED) is 0.698. The Morgan fingerprint density at radius 3 is 2.48 bits per heavy atom. The van der Waals surface area contributed by atoms with Gasteiger partial charge in [0.25, 0.3) is 0 Å². The van der Waals surface area contributed by atoms with Crippen LogP contribution in [-0.2, 0) is 0 Å². The Hall–Kier alpha value is -1.71. The summed E-state index contributed by atoms with van der Waals surface area (Å²) in [6.45, 7) is 11.2. The summed E-state index contributed by atoms with van der Waals surface area (Å²) in [5, 5.41) is 0. The molecule has 0 aromatic heterocycles. The molecule has 3 atom stereocenters. The summed E-state index contributed by atoms with van der Waals surface area (Å²) < 4.78 is 0. The van der Waals surface area contributed by atoms with Crippen molar-refractivity contribution in [1.29, 1.82) is 0 Å². The number of piperidine rings is 1. The largest absolute Gasteiger partial charge is 0.378 e. The molecule has 0 amide bonds. The minimum Gasteiger partial charge on any atom is -0.378 e. The van der Waals surface area contributed by atoms with Gasteiger partial charge in [0, 0.05) is 42.5 Å². The van der Waals surface area contributed by atoms with Gasteiger partial charge in [-0.05, 0) is 69.1 Å². The van der Waals surface area contributed by atoms with E-state index in [0.29, 0.717) is 11.8 Å². The summed E-state index contributed by atoms with van der Waals surface area (Å²) in [6, 6.07) is 0. The maximum absolute atomic E-state index is 4.99. The predicted molar refractivity (Wildman–Crippen MR) is 115 cm³/mol. The Morgan fingerprint density at radius 2 is 2.00 bits per heavy atom. The average molecular weight is 367 g/mol. The number of amidine groups is 1. The summed E-state index contributed by atoms with van der Waals surface area (Å²) in [4.78, 5) is 16.1. The Balaban J connectivity index is 0.000000218. The van der Waals surface area contributed by atoms with Crippen LogP contribution >= 0.6 is 0 Å². The smallest absolute Gasteiger partial charge is 0.127 e. The lowest BCUT2D eigenvalue weighted by molar-refractivity contribution is 0.281. The maximum Gasteiger partial charge on any atom is 0.127 e. The van der Waals surface area contributed by atoms with E-state index in [0.717, 1.165) is 37.9 Å². The summed E-state index contributed by atoms with van der Waals surface area (Å²) in [7, 11) is 0. The van der Waals surface area contributed by atoms with Gasteiger partial charge in [-0.3, -0.25) is 9.98 Å². The van der Waals surface area contributed by atoms with Crippen LogP contribution in [0.15, 0.2) is 39.0 Å². The molecule has 1 saturated heterocycles. The van der Waals surface area contributed by atoms with E-state index in [1.807, 2.05) is 12.4 Å². The van der Waals surface area contributed by atoms with Crippen LogP contribution < -0.4 is 0 Å². The molecule has 27 heavy (non-hydrogen) atoms. The van der Waals surface area contributed by atoms with E-state index in [4.69, 9.17) is 9.98 Å². The number of fused-ring (bicyclic) bond motifs is 2. The topological polar surface area (TPSA) is 40.3 Å². The fourth-order valence-electron chi connectivity index (χ4n) is 5.43. The molecule has 2 bridgehead atoms. The van der Waals surface area contributed by atoms with Crippen molar-refractivity contribution < 1.29 is 0 Å². The zero-order chi connectivity index (χ0) is 18.8. The zero-order valence-electron chi connectivity index (χ0n) is 17.0. The lowest BCUT2D eigenvalue weighted by atomic mass is 9.88. The van der Waals surface area contributed by atoms with Crippen molar-refractivity contribution in [3.8, 4) is 0 Å². The fraction of sp³-hybridized carbons (Fsp3) is 0.696. The first-order chi connectivity index (χ1) is 13.2. The second kappa shape index (κ2) is 8.12. The predicted octanol–water partition coefficient (Wildman–Crippen LogP) is 4.89. The third-order valence-corrected chi connectivity index (χ3v) is 7.19. The molecule has 4 heteroatoms. The van der Waals surface area contributed by atoms with E-state index < -0.39 is 0 Å². The monoisotopic (exact) mass is 366 g/mol. The highest BCUT2D eigenvalue weighted by Gasteiger charge is 2.43. The first-order valence-corrected chi connectivity index (χ1v) is 10.9. The van der Waals surface area contributed by atoms with Crippen LogP contribution in [-0.4, -0.2) is 42.3 Å². The molecule has 2 aliphatic carbocycles. The number of hydrogen-bond acceptors (Lipinski definition) is 4. The molecule has 146 valence electrons.